The van der Waals surface area contributed by atoms with Crippen LogP contribution in [0, 0.1) is 10.8 Å². The van der Waals surface area contributed by atoms with Gasteiger partial charge in [0.05, 0.1) is 26.4 Å². The second kappa shape index (κ2) is 8.07. The first-order chi connectivity index (χ1) is 11.1. The molecule has 0 heterocycles. The second-order valence-corrected chi connectivity index (χ2v) is 8.02. The highest BCUT2D eigenvalue weighted by molar-refractivity contribution is 5.75. The Morgan fingerprint density at radius 2 is 1.79 bits per heavy atom. The van der Waals surface area contributed by atoms with E-state index in [2.05, 4.69) is 29.5 Å². The van der Waals surface area contributed by atoms with Crippen LogP contribution in [0.1, 0.15) is 40.0 Å². The highest BCUT2D eigenvalue weighted by Crippen LogP contribution is 2.46. The van der Waals surface area contributed by atoms with Crippen LogP contribution >= 0.6 is 0 Å². The van der Waals surface area contributed by atoms with Gasteiger partial charge in [0.25, 0.3) is 0 Å². The van der Waals surface area contributed by atoms with E-state index in [0.717, 1.165) is 12.8 Å². The van der Waals surface area contributed by atoms with Crippen molar-refractivity contribution in [1.29, 1.82) is 0 Å². The Hall–Kier alpha value is -1.47. The molecular weight excluding hydrogens is 314 g/mol. The van der Waals surface area contributed by atoms with Gasteiger partial charge in [-0.3, -0.25) is 0 Å². The summed E-state index contributed by atoms with van der Waals surface area (Å²) >= 11 is 0. The zero-order valence-corrected chi connectivity index (χ0v) is 14.6. The lowest BCUT2D eigenvalue weighted by atomic mass is 9.62. The first kappa shape index (κ1) is 20.6. The number of carbonyl (C=O) groups excluding carboxylic acids is 2. The van der Waals surface area contributed by atoms with Crippen molar-refractivity contribution < 1.29 is 24.9 Å². The predicted molar refractivity (Wildman–Crippen MR) is 88.2 cm³/mol. The van der Waals surface area contributed by atoms with Gasteiger partial charge in [-0.1, -0.05) is 20.8 Å². The Balaban J connectivity index is 2.78. The van der Waals surface area contributed by atoms with Gasteiger partial charge in [-0.2, -0.15) is 0 Å². The predicted octanol–water partition coefficient (Wildman–Crippen LogP) is -0.0779. The van der Waals surface area contributed by atoms with Gasteiger partial charge in [-0.25, -0.2) is 14.6 Å². The first-order valence-electron chi connectivity index (χ1n) is 8.08. The molecule has 1 saturated carbocycles. The van der Waals surface area contributed by atoms with Crippen molar-refractivity contribution in [3.8, 4) is 0 Å². The van der Waals surface area contributed by atoms with Gasteiger partial charge in [-0.15, -0.1) is 0 Å². The molecule has 1 aliphatic carbocycles. The molecule has 2 unspecified atom stereocenters. The molecule has 2 amide bonds. The third-order valence-corrected chi connectivity index (χ3v) is 4.59. The molecular formula is C16H29N3O5. The molecule has 8 heteroatoms. The van der Waals surface area contributed by atoms with E-state index in [-0.39, 0.29) is 16.9 Å². The molecule has 0 aromatic carbocycles. The number of rotatable bonds is 7. The molecule has 0 aromatic rings. The highest BCUT2D eigenvalue weighted by atomic mass is 16.3. The minimum Gasteiger partial charge on any atom is -0.394 e. The van der Waals surface area contributed by atoms with E-state index in [9.17, 15) is 24.9 Å². The molecule has 0 aliphatic heterocycles. The summed E-state index contributed by atoms with van der Waals surface area (Å²) in [5.74, 6) is 0. The Morgan fingerprint density at radius 1 is 1.21 bits per heavy atom. The van der Waals surface area contributed by atoms with Crippen LogP contribution in [-0.4, -0.2) is 65.4 Å². The van der Waals surface area contributed by atoms with Crippen LogP contribution in [0.4, 0.5) is 4.79 Å². The minimum atomic E-state index is -1.46. The van der Waals surface area contributed by atoms with Gasteiger partial charge in [0, 0.05) is 6.04 Å². The van der Waals surface area contributed by atoms with Crippen molar-refractivity contribution in [2.75, 3.05) is 26.4 Å². The summed E-state index contributed by atoms with van der Waals surface area (Å²) in [5, 5.41) is 33.1. The molecule has 8 nitrogen and oxygen atoms in total. The molecule has 1 fully saturated rings. The summed E-state index contributed by atoms with van der Waals surface area (Å²) in [6.07, 6.45) is 3.85. The fraction of sp³-hybridized carbons (Fsp3) is 0.875. The molecule has 1 rings (SSSR count). The summed E-state index contributed by atoms with van der Waals surface area (Å²) in [6.45, 7) is 4.86. The maximum atomic E-state index is 12.2. The van der Waals surface area contributed by atoms with E-state index in [0.29, 0.717) is 13.0 Å². The number of aliphatic hydroxyl groups excluding tert-OH is 3. The molecule has 1 aliphatic rings. The van der Waals surface area contributed by atoms with Crippen LogP contribution in [0.25, 0.3) is 0 Å². The summed E-state index contributed by atoms with van der Waals surface area (Å²) in [4.78, 5) is 26.3. The van der Waals surface area contributed by atoms with Crippen molar-refractivity contribution in [2.45, 2.75) is 51.6 Å². The van der Waals surface area contributed by atoms with E-state index < -0.39 is 31.4 Å². The van der Waals surface area contributed by atoms with E-state index in [1.54, 1.807) is 6.08 Å². The summed E-state index contributed by atoms with van der Waals surface area (Å²) < 4.78 is 0. The number of amides is 2. The summed E-state index contributed by atoms with van der Waals surface area (Å²) in [5.41, 5.74) is -1.72. The SMILES string of the molecule is CC1(C)CC(NC(=O)NC(CO)(CO)CO)CC(C)(CN=C=O)C1. The third-order valence-electron chi connectivity index (χ3n) is 4.59. The van der Waals surface area contributed by atoms with Gasteiger partial charge >= 0.3 is 6.03 Å². The van der Waals surface area contributed by atoms with E-state index >= 15 is 0 Å². The van der Waals surface area contributed by atoms with E-state index in [1.165, 1.54) is 0 Å². The first-order valence-corrected chi connectivity index (χ1v) is 8.08. The number of nitrogens with one attached hydrogen (secondary N) is 2. The molecule has 0 saturated heterocycles. The topological polar surface area (TPSA) is 131 Å². The normalized spacial score (nSPS) is 26.3. The van der Waals surface area contributed by atoms with Crippen molar-refractivity contribution in [3.05, 3.63) is 0 Å². The lowest BCUT2D eigenvalue weighted by Crippen LogP contribution is -2.61. The molecule has 5 N–H and O–H groups in total. The Kier molecular flexibility index (Phi) is 6.92. The monoisotopic (exact) mass is 343 g/mol. The van der Waals surface area contributed by atoms with Gasteiger partial charge in [0.1, 0.15) is 5.54 Å². The Labute approximate surface area is 142 Å². The lowest BCUT2D eigenvalue weighted by Gasteiger charge is -2.46. The zero-order valence-electron chi connectivity index (χ0n) is 14.6. The standard InChI is InChI=1S/C16H29N3O5/c1-14(2)4-12(5-15(3,6-14)7-17-11-23)18-13(24)19-16(8-20,9-21)10-22/h12,20-22H,4-10H2,1-3H3,(H2,18,19,24). The summed E-state index contributed by atoms with van der Waals surface area (Å²) in [7, 11) is 0. The number of carbonyl (C=O) groups is 1. The number of aliphatic hydroxyl groups is 3. The average Bonchev–Trinajstić information content (AvgIpc) is 2.49. The molecule has 2 atom stereocenters. The van der Waals surface area contributed by atoms with Crippen molar-refractivity contribution in [2.24, 2.45) is 15.8 Å². The van der Waals surface area contributed by atoms with Crippen LogP contribution in [-0.2, 0) is 4.79 Å². The number of hydrogen-bond donors (Lipinski definition) is 5. The molecule has 0 aromatic heterocycles. The fourth-order valence-corrected chi connectivity index (χ4v) is 3.81. The zero-order chi connectivity index (χ0) is 18.4. The smallest absolute Gasteiger partial charge is 0.315 e. The number of nitrogens with zero attached hydrogens (tertiary/aromatic N) is 1. The van der Waals surface area contributed by atoms with Gasteiger partial charge in [-0.05, 0) is 30.1 Å². The average molecular weight is 343 g/mol. The van der Waals surface area contributed by atoms with Crippen LogP contribution in [0.15, 0.2) is 4.99 Å². The second-order valence-electron chi connectivity index (χ2n) is 8.02. The molecule has 0 spiro atoms. The molecule has 0 radical (unpaired) electrons. The number of isocyanates is 1. The fourth-order valence-electron chi connectivity index (χ4n) is 3.81. The van der Waals surface area contributed by atoms with Crippen molar-refractivity contribution >= 4 is 12.1 Å². The number of aliphatic imine (C=N–C) groups is 1. The van der Waals surface area contributed by atoms with Crippen molar-refractivity contribution in [3.63, 3.8) is 0 Å². The largest absolute Gasteiger partial charge is 0.394 e. The van der Waals surface area contributed by atoms with Crippen LogP contribution < -0.4 is 10.6 Å². The Morgan fingerprint density at radius 3 is 2.29 bits per heavy atom. The molecule has 138 valence electrons. The lowest BCUT2D eigenvalue weighted by molar-refractivity contribution is 0.0460. The van der Waals surface area contributed by atoms with E-state index in [4.69, 9.17) is 0 Å². The van der Waals surface area contributed by atoms with Gasteiger partial charge in [0.15, 0.2) is 0 Å². The quantitative estimate of drug-likeness (QED) is 0.326. The third kappa shape index (κ3) is 5.56. The Bertz CT molecular complexity index is 478. The summed E-state index contributed by atoms with van der Waals surface area (Å²) in [6, 6.07) is -0.703. The van der Waals surface area contributed by atoms with Gasteiger partial charge in [0.2, 0.25) is 6.08 Å². The van der Waals surface area contributed by atoms with Gasteiger partial charge < -0.3 is 26.0 Å². The van der Waals surface area contributed by atoms with Crippen molar-refractivity contribution in [1.82, 2.24) is 10.6 Å². The maximum Gasteiger partial charge on any atom is 0.315 e. The molecule has 0 bridgehead atoms. The number of hydrogen-bond acceptors (Lipinski definition) is 6. The van der Waals surface area contributed by atoms with Crippen LogP contribution in [0.2, 0.25) is 0 Å². The molecule has 24 heavy (non-hydrogen) atoms. The highest BCUT2D eigenvalue weighted by Gasteiger charge is 2.42. The van der Waals surface area contributed by atoms with Crippen LogP contribution in [0.3, 0.4) is 0 Å². The van der Waals surface area contributed by atoms with E-state index in [1.807, 2.05) is 6.92 Å². The number of urea groups is 1. The maximum absolute atomic E-state index is 12.2. The van der Waals surface area contributed by atoms with Crippen LogP contribution in [0.5, 0.6) is 0 Å². The minimum absolute atomic E-state index is 0.0363.